The van der Waals surface area contributed by atoms with Gasteiger partial charge in [0.05, 0.1) is 31.0 Å². The second-order valence-electron chi connectivity index (χ2n) is 8.91. The highest BCUT2D eigenvalue weighted by molar-refractivity contribution is 5.96. The minimum Gasteiger partial charge on any atom is -0.497 e. The molecule has 1 atom stereocenters. The van der Waals surface area contributed by atoms with Crippen molar-refractivity contribution in [2.45, 2.75) is 50.6 Å². The molecule has 7 nitrogen and oxygen atoms in total. The summed E-state index contributed by atoms with van der Waals surface area (Å²) in [5, 5.41) is 8.64. The zero-order valence-electron chi connectivity index (χ0n) is 18.7. The van der Waals surface area contributed by atoms with E-state index in [9.17, 15) is 4.79 Å². The lowest BCUT2D eigenvalue weighted by atomic mass is 10.0. The van der Waals surface area contributed by atoms with E-state index in [1.165, 1.54) is 31.2 Å². The second-order valence-corrected chi connectivity index (χ2v) is 8.91. The molecule has 2 aliphatic rings. The van der Waals surface area contributed by atoms with Gasteiger partial charge in [-0.2, -0.15) is 5.10 Å². The molecule has 1 saturated heterocycles. The van der Waals surface area contributed by atoms with Crippen LogP contribution in [-0.2, 0) is 0 Å². The largest absolute Gasteiger partial charge is 0.497 e. The van der Waals surface area contributed by atoms with Crippen molar-refractivity contribution in [2.24, 2.45) is 0 Å². The summed E-state index contributed by atoms with van der Waals surface area (Å²) >= 11 is 0. The molecule has 0 spiro atoms. The molecule has 1 aliphatic heterocycles. The molecule has 1 amide bonds. The van der Waals surface area contributed by atoms with E-state index < -0.39 is 0 Å². The highest BCUT2D eigenvalue weighted by atomic mass is 16.5. The van der Waals surface area contributed by atoms with Crippen molar-refractivity contribution in [3.05, 3.63) is 53.9 Å². The zero-order chi connectivity index (χ0) is 21.9. The Bertz CT molecular complexity index is 1070. The van der Waals surface area contributed by atoms with Crippen LogP contribution in [0.4, 0.5) is 0 Å². The van der Waals surface area contributed by atoms with Gasteiger partial charge in [-0.3, -0.25) is 9.69 Å². The molecule has 7 heteroatoms. The molecule has 0 unspecified atom stereocenters. The fourth-order valence-corrected chi connectivity index (χ4v) is 5.11. The van der Waals surface area contributed by atoms with Crippen LogP contribution >= 0.6 is 0 Å². The summed E-state index contributed by atoms with van der Waals surface area (Å²) in [7, 11) is 1.68. The summed E-state index contributed by atoms with van der Waals surface area (Å²) in [5.74, 6) is 0.751. The summed E-state index contributed by atoms with van der Waals surface area (Å²) in [4.78, 5) is 20.0. The standard InChI is InChI=1S/C25H31N5O2/c1-32-22-10-8-18(9-11-22)23(29-12-4-5-13-29)17-27-25(31)20-14-19-16-28-30(24(19)26-15-20)21-6-2-3-7-21/h8-11,14-16,21,23H,2-7,12-13,17H2,1H3,(H,27,31)/t23-/m1/s1. The van der Waals surface area contributed by atoms with Crippen molar-refractivity contribution in [3.8, 4) is 5.75 Å². The third-order valence-corrected chi connectivity index (χ3v) is 6.90. The number of carbonyl (C=O) groups excluding carboxylic acids is 1. The highest BCUT2D eigenvalue weighted by Gasteiger charge is 2.25. The van der Waals surface area contributed by atoms with Gasteiger partial charge in [-0.15, -0.1) is 0 Å². The van der Waals surface area contributed by atoms with Crippen LogP contribution in [0.1, 0.15) is 66.5 Å². The molecule has 1 aliphatic carbocycles. The third-order valence-electron chi connectivity index (χ3n) is 6.90. The van der Waals surface area contributed by atoms with Crippen molar-refractivity contribution in [1.29, 1.82) is 0 Å². The number of hydrogen-bond acceptors (Lipinski definition) is 5. The first-order chi connectivity index (χ1) is 15.7. The van der Waals surface area contributed by atoms with Crippen LogP contribution < -0.4 is 10.1 Å². The van der Waals surface area contributed by atoms with Gasteiger partial charge in [-0.25, -0.2) is 9.67 Å². The van der Waals surface area contributed by atoms with Crippen LogP contribution in [0.5, 0.6) is 5.75 Å². The lowest BCUT2D eigenvalue weighted by Gasteiger charge is -2.28. The van der Waals surface area contributed by atoms with Gasteiger partial charge in [-0.05, 0) is 62.5 Å². The number of aromatic nitrogens is 3. The van der Waals surface area contributed by atoms with Crippen molar-refractivity contribution in [3.63, 3.8) is 0 Å². The molecule has 3 aromatic rings. The Kier molecular flexibility index (Phi) is 6.08. The van der Waals surface area contributed by atoms with E-state index >= 15 is 0 Å². The lowest BCUT2D eigenvalue weighted by molar-refractivity contribution is 0.0937. The Morgan fingerprint density at radius 1 is 1.12 bits per heavy atom. The molecule has 32 heavy (non-hydrogen) atoms. The average Bonchev–Trinajstić information content (AvgIpc) is 3.60. The number of benzene rings is 1. The van der Waals surface area contributed by atoms with Gasteiger partial charge in [0.1, 0.15) is 5.75 Å². The fourth-order valence-electron chi connectivity index (χ4n) is 5.11. The van der Waals surface area contributed by atoms with E-state index in [1.54, 1.807) is 13.3 Å². The van der Waals surface area contributed by atoms with E-state index in [0.717, 1.165) is 42.7 Å². The topological polar surface area (TPSA) is 72.3 Å². The first kappa shape index (κ1) is 20.9. The highest BCUT2D eigenvalue weighted by Crippen LogP contribution is 2.31. The number of pyridine rings is 1. The minimum atomic E-state index is -0.0919. The van der Waals surface area contributed by atoms with Crippen molar-refractivity contribution in [1.82, 2.24) is 25.0 Å². The predicted octanol–water partition coefficient (Wildman–Crippen LogP) is 4.12. The van der Waals surface area contributed by atoms with Crippen molar-refractivity contribution >= 4 is 16.9 Å². The van der Waals surface area contributed by atoms with E-state index in [0.29, 0.717) is 18.2 Å². The van der Waals surface area contributed by atoms with Gasteiger partial charge in [0.2, 0.25) is 0 Å². The summed E-state index contributed by atoms with van der Waals surface area (Å²) in [6, 6.07) is 10.7. The van der Waals surface area contributed by atoms with E-state index in [2.05, 4.69) is 32.4 Å². The number of rotatable bonds is 7. The maximum absolute atomic E-state index is 13.0. The third kappa shape index (κ3) is 4.21. The Labute approximate surface area is 188 Å². The Balaban J connectivity index is 1.30. The van der Waals surface area contributed by atoms with Gasteiger partial charge < -0.3 is 10.1 Å². The van der Waals surface area contributed by atoms with Gasteiger partial charge in [0.15, 0.2) is 5.65 Å². The summed E-state index contributed by atoms with van der Waals surface area (Å²) in [5.41, 5.74) is 2.65. The number of carbonyl (C=O) groups is 1. The van der Waals surface area contributed by atoms with Crippen LogP contribution in [-0.4, -0.2) is 52.3 Å². The van der Waals surface area contributed by atoms with Crippen LogP contribution in [0.3, 0.4) is 0 Å². The number of ether oxygens (including phenoxy) is 1. The second kappa shape index (κ2) is 9.28. The molecule has 3 heterocycles. The van der Waals surface area contributed by atoms with Crippen LogP contribution in [0, 0.1) is 0 Å². The van der Waals surface area contributed by atoms with E-state index in [1.807, 2.05) is 29.1 Å². The summed E-state index contributed by atoms with van der Waals surface area (Å²) in [6.45, 7) is 2.67. The molecular formula is C25H31N5O2. The molecule has 5 rings (SSSR count). The number of fused-ring (bicyclic) bond motifs is 1. The summed E-state index contributed by atoms with van der Waals surface area (Å²) < 4.78 is 7.34. The number of nitrogens with one attached hydrogen (secondary N) is 1. The average molecular weight is 434 g/mol. The molecule has 168 valence electrons. The minimum absolute atomic E-state index is 0.0919. The molecule has 2 fully saturated rings. The van der Waals surface area contributed by atoms with E-state index in [4.69, 9.17) is 4.74 Å². The molecule has 1 saturated carbocycles. The van der Waals surface area contributed by atoms with E-state index in [-0.39, 0.29) is 11.9 Å². The molecular weight excluding hydrogens is 402 g/mol. The number of nitrogens with zero attached hydrogens (tertiary/aromatic N) is 4. The fraction of sp³-hybridized carbons (Fsp3) is 0.480. The van der Waals surface area contributed by atoms with Crippen LogP contribution in [0.15, 0.2) is 42.7 Å². The molecule has 0 bridgehead atoms. The predicted molar refractivity (Wildman–Crippen MR) is 124 cm³/mol. The molecule has 2 aromatic heterocycles. The van der Waals surface area contributed by atoms with Crippen LogP contribution in [0.25, 0.3) is 11.0 Å². The monoisotopic (exact) mass is 433 g/mol. The normalized spacial score (nSPS) is 18.3. The Morgan fingerprint density at radius 3 is 2.59 bits per heavy atom. The number of methoxy groups -OCH3 is 1. The SMILES string of the molecule is COc1ccc([C@@H](CNC(=O)c2cnc3c(cnn3C3CCCC3)c2)N2CCCC2)cc1. The zero-order valence-corrected chi connectivity index (χ0v) is 18.7. The van der Waals surface area contributed by atoms with Gasteiger partial charge >= 0.3 is 0 Å². The smallest absolute Gasteiger partial charge is 0.252 e. The number of hydrogen-bond donors (Lipinski definition) is 1. The summed E-state index contributed by atoms with van der Waals surface area (Å²) in [6.07, 6.45) is 10.7. The first-order valence-corrected chi connectivity index (χ1v) is 11.7. The van der Waals surface area contributed by atoms with Crippen LogP contribution in [0.2, 0.25) is 0 Å². The molecule has 0 radical (unpaired) electrons. The molecule has 1 aromatic carbocycles. The molecule has 1 N–H and O–H groups in total. The Hall–Kier alpha value is -2.93. The maximum Gasteiger partial charge on any atom is 0.252 e. The quantitative estimate of drug-likeness (QED) is 0.607. The maximum atomic E-state index is 13.0. The lowest BCUT2D eigenvalue weighted by Crippen LogP contribution is -2.36. The Morgan fingerprint density at radius 2 is 1.88 bits per heavy atom. The van der Waals surface area contributed by atoms with Crippen molar-refractivity contribution < 1.29 is 9.53 Å². The van der Waals surface area contributed by atoms with Gasteiger partial charge in [0.25, 0.3) is 5.91 Å². The number of likely N-dealkylation sites (tertiary alicyclic amines) is 1. The van der Waals surface area contributed by atoms with Gasteiger partial charge in [0, 0.05) is 18.1 Å². The van der Waals surface area contributed by atoms with Gasteiger partial charge in [-0.1, -0.05) is 25.0 Å². The first-order valence-electron chi connectivity index (χ1n) is 11.7. The number of amides is 1. The van der Waals surface area contributed by atoms with Crippen molar-refractivity contribution in [2.75, 3.05) is 26.7 Å².